The minimum atomic E-state index is -1.40. The van der Waals surface area contributed by atoms with Crippen LogP contribution in [-0.2, 0) is 16.6 Å². The quantitative estimate of drug-likeness (QED) is 0.283. The number of piperidine rings is 1. The van der Waals surface area contributed by atoms with Crippen molar-refractivity contribution in [1.82, 2.24) is 9.21 Å². The van der Waals surface area contributed by atoms with Crippen molar-refractivity contribution in [2.75, 3.05) is 44.8 Å². The molecule has 0 amide bonds. The van der Waals surface area contributed by atoms with Crippen LogP contribution in [0.4, 0.5) is 4.39 Å². The maximum atomic E-state index is 15.9. The fourth-order valence-corrected chi connectivity index (χ4v) is 9.80. The Balaban J connectivity index is 1.66. The van der Waals surface area contributed by atoms with E-state index >= 15 is 4.39 Å². The third-order valence-corrected chi connectivity index (χ3v) is 12.2. The number of benzene rings is 1. The third kappa shape index (κ3) is 4.76. The lowest BCUT2D eigenvalue weighted by Gasteiger charge is -2.48. The Morgan fingerprint density at radius 1 is 1.17 bits per heavy atom. The van der Waals surface area contributed by atoms with Gasteiger partial charge in [0.1, 0.15) is 11.6 Å². The molecular weight excluding hydrogens is 471 g/mol. The summed E-state index contributed by atoms with van der Waals surface area (Å²) in [6.07, 6.45) is 7.67. The van der Waals surface area contributed by atoms with Gasteiger partial charge in [0.15, 0.2) is 0 Å². The van der Waals surface area contributed by atoms with E-state index in [1.807, 2.05) is 13.0 Å². The van der Waals surface area contributed by atoms with Gasteiger partial charge in [-0.3, -0.25) is 9.10 Å². The molecule has 2 fully saturated rings. The van der Waals surface area contributed by atoms with E-state index in [-0.39, 0.29) is 11.2 Å². The van der Waals surface area contributed by atoms with E-state index in [0.29, 0.717) is 17.5 Å². The van der Waals surface area contributed by atoms with Crippen molar-refractivity contribution < 1.29 is 13.9 Å². The summed E-state index contributed by atoms with van der Waals surface area (Å²) in [7, 11) is 0.701. The SMILES string of the molecule is CC/C=C(/C)C1(c2c(F)cc(OCC)cc2CC)CCN(S2(C(=O)C3=C(C)N(C)CCC3)CC2)CC1. The van der Waals surface area contributed by atoms with Crippen molar-refractivity contribution in [3.63, 3.8) is 0 Å². The topological polar surface area (TPSA) is 32.8 Å². The number of nitrogens with zero attached hydrogens (tertiary/aromatic N) is 2. The molecule has 4 nitrogen and oxygen atoms in total. The van der Waals surface area contributed by atoms with Crippen LogP contribution in [0, 0.1) is 5.82 Å². The van der Waals surface area contributed by atoms with E-state index in [4.69, 9.17) is 4.74 Å². The third-order valence-electron chi connectivity index (χ3n) is 8.76. The normalized spacial score (nSPS) is 23.0. The van der Waals surface area contributed by atoms with E-state index < -0.39 is 10.2 Å². The van der Waals surface area contributed by atoms with Crippen molar-refractivity contribution in [2.45, 2.75) is 78.6 Å². The molecule has 0 bridgehead atoms. The molecule has 2 saturated heterocycles. The molecule has 0 aliphatic carbocycles. The molecule has 3 heterocycles. The number of rotatable bonds is 8. The van der Waals surface area contributed by atoms with Gasteiger partial charge in [-0.05, 0) is 70.9 Å². The lowest BCUT2D eigenvalue weighted by molar-refractivity contribution is -0.108. The van der Waals surface area contributed by atoms with E-state index in [1.54, 1.807) is 6.07 Å². The van der Waals surface area contributed by atoms with Crippen LogP contribution in [0.2, 0.25) is 0 Å². The Morgan fingerprint density at radius 3 is 2.44 bits per heavy atom. The van der Waals surface area contributed by atoms with Gasteiger partial charge >= 0.3 is 0 Å². The first-order chi connectivity index (χ1) is 17.2. The van der Waals surface area contributed by atoms with Crippen molar-refractivity contribution >= 4 is 15.3 Å². The van der Waals surface area contributed by atoms with Crippen molar-refractivity contribution in [1.29, 1.82) is 0 Å². The number of carbonyl (C=O) groups is 1. The number of hydrogen-bond donors (Lipinski definition) is 0. The second-order valence-corrected chi connectivity index (χ2v) is 14.0. The summed E-state index contributed by atoms with van der Waals surface area (Å²) in [5.41, 5.74) is 5.08. The van der Waals surface area contributed by atoms with Gasteiger partial charge in [0.25, 0.3) is 0 Å². The highest BCUT2D eigenvalue weighted by Crippen LogP contribution is 2.68. The summed E-state index contributed by atoms with van der Waals surface area (Å²) >= 11 is 0. The van der Waals surface area contributed by atoms with Crippen LogP contribution in [0.25, 0.3) is 0 Å². The minimum Gasteiger partial charge on any atom is -0.494 e. The molecule has 3 aliphatic heterocycles. The maximum absolute atomic E-state index is 15.9. The van der Waals surface area contributed by atoms with Gasteiger partial charge in [-0.25, -0.2) is 4.39 Å². The van der Waals surface area contributed by atoms with E-state index in [9.17, 15) is 4.79 Å². The molecule has 200 valence electrons. The second kappa shape index (κ2) is 10.9. The number of ether oxygens (including phenoxy) is 1. The monoisotopic (exact) mass is 516 g/mol. The predicted octanol–water partition coefficient (Wildman–Crippen LogP) is 6.74. The highest BCUT2D eigenvalue weighted by molar-refractivity contribution is 8.49. The molecule has 0 radical (unpaired) electrons. The number of halogens is 1. The maximum Gasteiger partial charge on any atom is 0.212 e. The van der Waals surface area contributed by atoms with Gasteiger partial charge in [-0.2, -0.15) is 0 Å². The van der Waals surface area contributed by atoms with Gasteiger partial charge in [-0.1, -0.05) is 25.5 Å². The predicted molar refractivity (Wildman–Crippen MR) is 150 cm³/mol. The molecule has 36 heavy (non-hydrogen) atoms. The van der Waals surface area contributed by atoms with Crippen LogP contribution in [0.5, 0.6) is 5.75 Å². The summed E-state index contributed by atoms with van der Waals surface area (Å²) in [6.45, 7) is 13.8. The fraction of sp³-hybridized carbons (Fsp3) is 0.633. The van der Waals surface area contributed by atoms with E-state index in [0.717, 1.165) is 86.4 Å². The molecule has 3 aliphatic rings. The van der Waals surface area contributed by atoms with Crippen molar-refractivity contribution in [3.8, 4) is 5.75 Å². The molecule has 6 heteroatoms. The van der Waals surface area contributed by atoms with Gasteiger partial charge in [-0.15, -0.1) is 10.2 Å². The zero-order valence-corrected chi connectivity index (χ0v) is 24.0. The molecule has 0 atom stereocenters. The van der Waals surface area contributed by atoms with E-state index in [2.05, 4.69) is 50.0 Å². The Morgan fingerprint density at radius 2 is 1.86 bits per heavy atom. The number of allylic oxidation sites excluding steroid dienone is 3. The average Bonchev–Trinajstić information content (AvgIpc) is 3.67. The number of aryl methyl sites for hydroxylation is 1. The average molecular weight is 517 g/mol. The van der Waals surface area contributed by atoms with Crippen LogP contribution >= 0.6 is 10.2 Å². The highest BCUT2D eigenvalue weighted by Gasteiger charge is 2.53. The molecule has 0 aromatic heterocycles. The molecule has 4 rings (SSSR count). The second-order valence-electron chi connectivity index (χ2n) is 10.7. The summed E-state index contributed by atoms with van der Waals surface area (Å²) in [4.78, 5) is 16.1. The first-order valence-corrected chi connectivity index (χ1v) is 15.8. The summed E-state index contributed by atoms with van der Waals surface area (Å²) < 4.78 is 24.1. The fourth-order valence-electron chi connectivity index (χ4n) is 6.45. The van der Waals surface area contributed by atoms with Crippen LogP contribution in [-0.4, -0.2) is 59.1 Å². The highest BCUT2D eigenvalue weighted by atomic mass is 32.3. The molecule has 1 aromatic rings. The lowest BCUT2D eigenvalue weighted by Crippen LogP contribution is -2.44. The van der Waals surface area contributed by atoms with Crippen LogP contribution in [0.1, 0.15) is 77.8 Å². The van der Waals surface area contributed by atoms with Crippen LogP contribution in [0.15, 0.2) is 35.1 Å². The Labute approximate surface area is 219 Å². The minimum absolute atomic E-state index is 0.148. The van der Waals surface area contributed by atoms with Gasteiger partial charge in [0.2, 0.25) is 5.12 Å². The summed E-state index contributed by atoms with van der Waals surface area (Å²) in [6, 6.07) is 3.62. The molecular formula is C30H45FN2O2S. The van der Waals surface area contributed by atoms with Gasteiger partial charge in [0.05, 0.1) is 6.61 Å². The lowest BCUT2D eigenvalue weighted by atomic mass is 9.66. The van der Waals surface area contributed by atoms with Crippen molar-refractivity contribution in [2.24, 2.45) is 0 Å². The molecule has 0 N–H and O–H groups in total. The molecule has 0 saturated carbocycles. The zero-order chi connectivity index (χ0) is 26.1. The number of hydrogen-bond acceptors (Lipinski definition) is 4. The van der Waals surface area contributed by atoms with E-state index in [1.165, 1.54) is 11.3 Å². The van der Waals surface area contributed by atoms with Gasteiger partial charge in [0, 0.05) is 66.5 Å². The first kappa shape index (κ1) is 27.3. The van der Waals surface area contributed by atoms with Gasteiger partial charge < -0.3 is 9.64 Å². The smallest absolute Gasteiger partial charge is 0.212 e. The van der Waals surface area contributed by atoms with Crippen LogP contribution < -0.4 is 4.74 Å². The Hall–Kier alpha value is -1.79. The summed E-state index contributed by atoms with van der Waals surface area (Å²) in [5.74, 6) is 2.53. The largest absolute Gasteiger partial charge is 0.494 e. The zero-order valence-electron chi connectivity index (χ0n) is 23.2. The Kier molecular flexibility index (Phi) is 8.25. The van der Waals surface area contributed by atoms with Crippen LogP contribution in [0.3, 0.4) is 0 Å². The van der Waals surface area contributed by atoms with Crippen molar-refractivity contribution in [3.05, 3.63) is 52.0 Å². The summed E-state index contributed by atoms with van der Waals surface area (Å²) in [5, 5.41) is 0.432. The molecule has 1 aromatic carbocycles. The molecule has 0 spiro atoms. The standard InChI is InChI=1S/C30H45FN2O2S/c1-7-11-22(4)30(28-24(8-2)20-25(35-9-3)21-27(28)31)13-16-33(17-14-30)36(18-19-36)29(34)26-12-10-15-32(6)23(26)5/h11,20-21H,7-10,12-19H2,1-6H3/b22-11-. The Bertz CT molecular complexity index is 1050. The number of carbonyl (C=O) groups excluding carboxylic acids is 1. The first-order valence-electron chi connectivity index (χ1n) is 13.9. The molecule has 0 unspecified atom stereocenters.